The number of nitrogens with one attached hydrogen (secondary N) is 1. The summed E-state index contributed by atoms with van der Waals surface area (Å²) in [7, 11) is 0. The molecule has 27 heavy (non-hydrogen) atoms. The van der Waals surface area contributed by atoms with Crippen LogP contribution in [0.2, 0.25) is 0 Å². The Labute approximate surface area is 155 Å². The normalized spacial score (nSPS) is 17.6. The monoisotopic (exact) mass is 370 g/mol. The van der Waals surface area contributed by atoms with Crippen molar-refractivity contribution in [1.29, 1.82) is 0 Å². The van der Waals surface area contributed by atoms with Crippen molar-refractivity contribution in [2.75, 3.05) is 16.8 Å². The van der Waals surface area contributed by atoms with Gasteiger partial charge in [-0.05, 0) is 36.8 Å². The maximum atomic E-state index is 13.9. The second-order valence-corrected chi connectivity index (χ2v) is 6.53. The molecule has 2 aromatic carbocycles. The summed E-state index contributed by atoms with van der Waals surface area (Å²) in [6, 6.07) is 12.5. The van der Waals surface area contributed by atoms with Gasteiger partial charge in [-0.25, -0.2) is 4.39 Å². The highest BCUT2D eigenvalue weighted by Gasteiger charge is 2.36. The molecule has 2 atom stereocenters. The highest BCUT2D eigenvalue weighted by Crippen LogP contribution is 2.28. The standard InChI is InChI=1S/C20H19FN2O4/c1-12(20(26)27)13-6-8-15(9-7-13)22-19(25)14-10-18(24)23(11-14)17-5-3-2-4-16(17)21/h2-9,12,14H,10-11H2,1H3,(H,22,25)(H,26,27). The topological polar surface area (TPSA) is 86.7 Å². The molecule has 1 heterocycles. The Kier molecular flexibility index (Phi) is 5.21. The van der Waals surface area contributed by atoms with E-state index >= 15 is 0 Å². The largest absolute Gasteiger partial charge is 0.481 e. The fourth-order valence-electron chi connectivity index (χ4n) is 3.03. The minimum Gasteiger partial charge on any atom is -0.481 e. The molecule has 2 unspecified atom stereocenters. The average molecular weight is 370 g/mol. The molecule has 2 N–H and O–H groups in total. The first-order chi connectivity index (χ1) is 12.9. The van der Waals surface area contributed by atoms with E-state index in [0.29, 0.717) is 11.3 Å². The fraction of sp³-hybridized carbons (Fsp3) is 0.250. The summed E-state index contributed by atoms with van der Waals surface area (Å²) in [4.78, 5) is 37.0. The Morgan fingerprint density at radius 3 is 2.48 bits per heavy atom. The van der Waals surface area contributed by atoms with Gasteiger partial charge in [0.25, 0.3) is 0 Å². The van der Waals surface area contributed by atoms with Crippen LogP contribution in [0, 0.1) is 11.7 Å². The molecule has 0 aromatic heterocycles. The number of anilines is 2. The molecule has 0 spiro atoms. The van der Waals surface area contributed by atoms with Crippen LogP contribution in [0.15, 0.2) is 48.5 Å². The van der Waals surface area contributed by atoms with E-state index in [1.807, 2.05) is 0 Å². The third-order valence-corrected chi connectivity index (χ3v) is 4.69. The predicted molar refractivity (Wildman–Crippen MR) is 98.0 cm³/mol. The van der Waals surface area contributed by atoms with Crippen molar-refractivity contribution >= 4 is 29.2 Å². The van der Waals surface area contributed by atoms with E-state index < -0.39 is 23.6 Å². The number of para-hydroxylation sites is 1. The van der Waals surface area contributed by atoms with Gasteiger partial charge < -0.3 is 15.3 Å². The predicted octanol–water partition coefficient (Wildman–Crippen LogP) is 3.01. The number of nitrogens with zero attached hydrogens (tertiary/aromatic N) is 1. The van der Waals surface area contributed by atoms with Gasteiger partial charge >= 0.3 is 5.97 Å². The lowest BCUT2D eigenvalue weighted by molar-refractivity contribution is -0.138. The smallest absolute Gasteiger partial charge is 0.310 e. The van der Waals surface area contributed by atoms with E-state index in [4.69, 9.17) is 5.11 Å². The zero-order valence-electron chi connectivity index (χ0n) is 14.7. The van der Waals surface area contributed by atoms with Crippen LogP contribution in [-0.2, 0) is 14.4 Å². The van der Waals surface area contributed by atoms with Gasteiger partial charge in [0.15, 0.2) is 0 Å². The van der Waals surface area contributed by atoms with Gasteiger partial charge in [-0.3, -0.25) is 14.4 Å². The van der Waals surface area contributed by atoms with Crippen LogP contribution in [0.5, 0.6) is 0 Å². The maximum absolute atomic E-state index is 13.9. The maximum Gasteiger partial charge on any atom is 0.310 e. The number of hydrogen-bond acceptors (Lipinski definition) is 3. The van der Waals surface area contributed by atoms with E-state index in [1.54, 1.807) is 43.3 Å². The van der Waals surface area contributed by atoms with Crippen molar-refractivity contribution in [3.05, 3.63) is 59.9 Å². The van der Waals surface area contributed by atoms with E-state index in [0.717, 1.165) is 0 Å². The molecule has 1 saturated heterocycles. The first kappa shape index (κ1) is 18.6. The third kappa shape index (κ3) is 3.97. The number of hydrogen-bond donors (Lipinski definition) is 2. The quantitative estimate of drug-likeness (QED) is 0.847. The zero-order chi connectivity index (χ0) is 19.6. The molecular weight excluding hydrogens is 351 g/mol. The molecular formula is C20H19FN2O4. The molecule has 2 amide bonds. The summed E-state index contributed by atoms with van der Waals surface area (Å²) in [5.74, 6) is -3.29. The molecule has 2 aromatic rings. The number of carboxylic acid groups (broad SMARTS) is 1. The Hall–Kier alpha value is -3.22. The van der Waals surface area contributed by atoms with E-state index in [1.165, 1.54) is 17.0 Å². The van der Waals surface area contributed by atoms with Gasteiger partial charge in [-0.15, -0.1) is 0 Å². The van der Waals surface area contributed by atoms with E-state index in [-0.39, 0.29) is 30.5 Å². The van der Waals surface area contributed by atoms with Crippen molar-refractivity contribution in [1.82, 2.24) is 0 Å². The van der Waals surface area contributed by atoms with E-state index in [9.17, 15) is 18.8 Å². The van der Waals surface area contributed by atoms with Crippen LogP contribution < -0.4 is 10.2 Å². The highest BCUT2D eigenvalue weighted by molar-refractivity contribution is 6.03. The summed E-state index contributed by atoms with van der Waals surface area (Å²) in [6.07, 6.45) is 0.00823. The van der Waals surface area contributed by atoms with Crippen molar-refractivity contribution < 1.29 is 23.9 Å². The average Bonchev–Trinajstić information content (AvgIpc) is 3.04. The van der Waals surface area contributed by atoms with Gasteiger partial charge in [-0.1, -0.05) is 24.3 Å². The van der Waals surface area contributed by atoms with Crippen LogP contribution in [0.25, 0.3) is 0 Å². The minimum absolute atomic E-state index is 0.00823. The number of rotatable bonds is 5. The van der Waals surface area contributed by atoms with Crippen molar-refractivity contribution in [3.8, 4) is 0 Å². The summed E-state index contributed by atoms with van der Waals surface area (Å²) in [6.45, 7) is 1.69. The summed E-state index contributed by atoms with van der Waals surface area (Å²) in [5.41, 5.74) is 1.31. The molecule has 0 radical (unpaired) electrons. The Morgan fingerprint density at radius 2 is 1.85 bits per heavy atom. The first-order valence-corrected chi connectivity index (χ1v) is 8.55. The number of halogens is 1. The number of amides is 2. The molecule has 3 rings (SSSR count). The SMILES string of the molecule is CC(C(=O)O)c1ccc(NC(=O)C2CC(=O)N(c3ccccc3F)C2)cc1. The number of carboxylic acids is 1. The van der Waals surface area contributed by atoms with Gasteiger partial charge in [0.2, 0.25) is 11.8 Å². The highest BCUT2D eigenvalue weighted by atomic mass is 19.1. The molecule has 0 saturated carbocycles. The van der Waals surface area contributed by atoms with Gasteiger partial charge in [0, 0.05) is 18.7 Å². The van der Waals surface area contributed by atoms with Crippen molar-refractivity contribution in [2.24, 2.45) is 5.92 Å². The molecule has 7 heteroatoms. The molecule has 140 valence electrons. The molecule has 1 fully saturated rings. The number of aliphatic carboxylic acids is 1. The Morgan fingerprint density at radius 1 is 1.19 bits per heavy atom. The number of carbonyl (C=O) groups excluding carboxylic acids is 2. The molecule has 6 nitrogen and oxygen atoms in total. The second kappa shape index (κ2) is 7.57. The Bertz CT molecular complexity index is 882. The molecule has 0 aliphatic carbocycles. The summed E-state index contributed by atoms with van der Waals surface area (Å²) < 4.78 is 13.9. The lowest BCUT2D eigenvalue weighted by Gasteiger charge is -2.17. The van der Waals surface area contributed by atoms with E-state index in [2.05, 4.69) is 5.32 Å². The van der Waals surface area contributed by atoms with Gasteiger partial charge in [0.1, 0.15) is 5.82 Å². The zero-order valence-corrected chi connectivity index (χ0v) is 14.7. The van der Waals surface area contributed by atoms with Crippen LogP contribution in [0.3, 0.4) is 0 Å². The molecule has 0 bridgehead atoms. The summed E-state index contributed by atoms with van der Waals surface area (Å²) in [5, 5.41) is 11.8. The number of benzene rings is 2. The minimum atomic E-state index is -0.926. The van der Waals surface area contributed by atoms with Gasteiger partial charge in [-0.2, -0.15) is 0 Å². The Balaban J connectivity index is 1.66. The van der Waals surface area contributed by atoms with Crippen LogP contribution in [-0.4, -0.2) is 29.4 Å². The third-order valence-electron chi connectivity index (χ3n) is 4.69. The first-order valence-electron chi connectivity index (χ1n) is 8.55. The lowest BCUT2D eigenvalue weighted by atomic mass is 10.0. The second-order valence-electron chi connectivity index (χ2n) is 6.53. The van der Waals surface area contributed by atoms with Crippen LogP contribution in [0.4, 0.5) is 15.8 Å². The summed E-state index contributed by atoms with van der Waals surface area (Å²) >= 11 is 0. The van der Waals surface area contributed by atoms with Crippen molar-refractivity contribution in [3.63, 3.8) is 0 Å². The molecule has 1 aliphatic heterocycles. The fourth-order valence-corrected chi connectivity index (χ4v) is 3.03. The lowest BCUT2D eigenvalue weighted by Crippen LogP contribution is -2.28. The van der Waals surface area contributed by atoms with Crippen LogP contribution >= 0.6 is 0 Å². The van der Waals surface area contributed by atoms with Crippen molar-refractivity contribution in [2.45, 2.75) is 19.3 Å². The number of carbonyl (C=O) groups is 3. The molecule has 1 aliphatic rings. The van der Waals surface area contributed by atoms with Crippen LogP contribution in [0.1, 0.15) is 24.8 Å². The van der Waals surface area contributed by atoms with Gasteiger partial charge in [0.05, 0.1) is 17.5 Å².